The molecule has 0 radical (unpaired) electrons. The van der Waals surface area contributed by atoms with Crippen molar-refractivity contribution in [2.45, 2.75) is 16.2 Å². The molecule has 4 heteroatoms. The van der Waals surface area contributed by atoms with E-state index >= 15 is 0 Å². The molecule has 0 saturated carbocycles. The van der Waals surface area contributed by atoms with Crippen LogP contribution in [0.1, 0.15) is 66.8 Å². The van der Waals surface area contributed by atoms with E-state index in [4.69, 9.17) is 0 Å². The van der Waals surface area contributed by atoms with Gasteiger partial charge in [-0.05, 0) is 210 Å². The van der Waals surface area contributed by atoms with Crippen molar-refractivity contribution in [2.75, 3.05) is 9.80 Å². The number of para-hydroxylation sites is 2. The molecule has 1 aromatic heterocycles. The summed E-state index contributed by atoms with van der Waals surface area (Å²) in [6.07, 6.45) is 0. The molecule has 0 saturated heterocycles. The van der Waals surface area contributed by atoms with Crippen LogP contribution in [0.4, 0.5) is 34.1 Å². The smallest absolute Gasteiger partial charge is 0.252 e. The van der Waals surface area contributed by atoms with Gasteiger partial charge < -0.3 is 14.4 Å². The zero-order valence-corrected chi connectivity index (χ0v) is 59.2. The number of nitrogens with zero attached hydrogens (tertiary/aromatic N) is 3. The lowest BCUT2D eigenvalue weighted by Crippen LogP contribution is -2.62. The van der Waals surface area contributed by atoms with Crippen molar-refractivity contribution in [2.24, 2.45) is 0 Å². The second-order valence-electron chi connectivity index (χ2n) is 31.0. The van der Waals surface area contributed by atoms with E-state index in [0.717, 1.165) is 45.2 Å². The number of benzene rings is 17. The Kier molecular flexibility index (Phi) is 11.2. The van der Waals surface area contributed by atoms with Crippen LogP contribution in [-0.4, -0.2) is 11.3 Å². The van der Waals surface area contributed by atoms with Crippen molar-refractivity contribution in [3.63, 3.8) is 0 Å². The van der Waals surface area contributed by atoms with Gasteiger partial charge in [-0.25, -0.2) is 0 Å². The molecular formula is C105H62BN3. The Morgan fingerprint density at radius 2 is 0.587 bits per heavy atom. The Bertz CT molecular complexity index is 6960. The minimum absolute atomic E-state index is 0.300. The van der Waals surface area contributed by atoms with E-state index in [1.165, 1.54) is 177 Å². The van der Waals surface area contributed by atoms with E-state index in [0.29, 0.717) is 0 Å². The standard InChI is InChI=1S/C105H62BN3/c1-2-27-63(28-3-1)64-53-57-94-91(59-64)106-101-97(107(94)65-54-55-74-73-35-10-21-46-85(73)105(90(74)60-65)83-44-19-8-33-71(83)72-34-9-20-45-84(72)105)61-66(108-92-50-24-13-36-75(92)76-37-14-25-51-93(76)108)62-98(101)109(95-52-26-49-88-99(95)77-38-11-22-47-86(77)103(88)79-40-15-4-29-67(79)68-30-5-16-41-80(68)103)96-58-56-89-100(102(96)106)78-39-12-23-48-87(78)104(89)81-42-17-6-31-69(81)70-32-7-18-43-82(70)104/h1-62H. The molecule has 0 fully saturated rings. The first-order chi connectivity index (χ1) is 54.1. The van der Waals surface area contributed by atoms with Gasteiger partial charge >= 0.3 is 0 Å². The second-order valence-corrected chi connectivity index (χ2v) is 31.0. The molecule has 17 aromatic carbocycles. The van der Waals surface area contributed by atoms with Crippen LogP contribution < -0.4 is 26.2 Å². The molecule has 0 bridgehead atoms. The molecule has 0 amide bonds. The van der Waals surface area contributed by atoms with Gasteiger partial charge in [0.15, 0.2) is 0 Å². The lowest BCUT2D eigenvalue weighted by molar-refractivity contribution is 0.793. The Morgan fingerprint density at radius 1 is 0.202 bits per heavy atom. The predicted molar refractivity (Wildman–Crippen MR) is 449 cm³/mol. The summed E-state index contributed by atoms with van der Waals surface area (Å²) in [6, 6.07) is 146. The average Bonchev–Trinajstić information content (AvgIpc) is 1.50. The van der Waals surface area contributed by atoms with E-state index in [2.05, 4.69) is 390 Å². The quantitative estimate of drug-likeness (QED) is 0.163. The molecule has 109 heavy (non-hydrogen) atoms. The predicted octanol–water partition coefficient (Wildman–Crippen LogP) is 23.6. The van der Waals surface area contributed by atoms with Crippen molar-refractivity contribution < 1.29 is 0 Å². The molecule has 0 N–H and O–H groups in total. The van der Waals surface area contributed by atoms with Crippen LogP contribution in [0.3, 0.4) is 0 Å². The van der Waals surface area contributed by atoms with Crippen molar-refractivity contribution in [1.29, 1.82) is 0 Å². The molecule has 0 unspecified atom stereocenters. The number of rotatable bonds is 4. The summed E-state index contributed by atoms with van der Waals surface area (Å²) in [6.45, 7) is -0.300. The topological polar surface area (TPSA) is 11.4 Å². The molecule has 3 spiro atoms. The van der Waals surface area contributed by atoms with Crippen LogP contribution in [0.5, 0.6) is 0 Å². The van der Waals surface area contributed by atoms with Gasteiger partial charge in [0.25, 0.3) is 6.71 Å². The van der Waals surface area contributed by atoms with Crippen LogP contribution >= 0.6 is 0 Å². The fourth-order valence-corrected chi connectivity index (χ4v) is 22.9. The molecule has 8 aliphatic rings. The Morgan fingerprint density at radius 3 is 1.09 bits per heavy atom. The highest BCUT2D eigenvalue weighted by Gasteiger charge is 2.58. The zero-order valence-electron chi connectivity index (χ0n) is 59.2. The van der Waals surface area contributed by atoms with Crippen LogP contribution in [0.15, 0.2) is 376 Å². The molecule has 18 aromatic rings. The number of fused-ring (bicyclic) bond motifs is 38. The van der Waals surface area contributed by atoms with Crippen molar-refractivity contribution in [1.82, 2.24) is 4.57 Å². The lowest BCUT2D eigenvalue weighted by Gasteiger charge is -2.46. The molecule has 26 rings (SSSR count). The van der Waals surface area contributed by atoms with Crippen LogP contribution in [0, 0.1) is 0 Å². The van der Waals surface area contributed by atoms with Gasteiger partial charge in [0, 0.05) is 44.8 Å². The molecule has 3 nitrogen and oxygen atoms in total. The molecular weight excluding hydrogens is 1310 g/mol. The number of hydrogen-bond acceptors (Lipinski definition) is 2. The maximum atomic E-state index is 2.78. The van der Waals surface area contributed by atoms with E-state index in [1.807, 2.05) is 0 Å². The van der Waals surface area contributed by atoms with Gasteiger partial charge in [0.1, 0.15) is 0 Å². The third-order valence-electron chi connectivity index (χ3n) is 26.6. The number of anilines is 6. The van der Waals surface area contributed by atoms with Crippen molar-refractivity contribution in [3.05, 3.63) is 443 Å². The Balaban J connectivity index is 0.841. The number of hydrogen-bond donors (Lipinski definition) is 0. The molecule has 0 atom stereocenters. The fraction of sp³-hybridized carbons (Fsp3) is 0.0286. The zero-order chi connectivity index (χ0) is 70.7. The van der Waals surface area contributed by atoms with Crippen molar-refractivity contribution in [3.8, 4) is 83.6 Å². The minimum Gasteiger partial charge on any atom is -0.311 e. The summed E-state index contributed by atoms with van der Waals surface area (Å²) in [5.74, 6) is 0. The van der Waals surface area contributed by atoms with E-state index in [-0.39, 0.29) is 6.71 Å². The normalized spacial score (nSPS) is 15.0. The first-order valence-electron chi connectivity index (χ1n) is 38.4. The van der Waals surface area contributed by atoms with E-state index in [9.17, 15) is 0 Å². The number of aromatic nitrogens is 1. The monoisotopic (exact) mass is 1380 g/mol. The largest absolute Gasteiger partial charge is 0.311 e. The summed E-state index contributed by atoms with van der Waals surface area (Å²) < 4.78 is 2.57. The first-order valence-corrected chi connectivity index (χ1v) is 38.4. The maximum absolute atomic E-state index is 2.78. The molecule has 2 aliphatic heterocycles. The van der Waals surface area contributed by atoms with Gasteiger partial charge in [-0.15, -0.1) is 0 Å². The molecule has 3 heterocycles. The van der Waals surface area contributed by atoms with E-state index in [1.54, 1.807) is 0 Å². The van der Waals surface area contributed by atoms with Gasteiger partial charge in [-0.1, -0.05) is 322 Å². The summed E-state index contributed by atoms with van der Waals surface area (Å²) in [5.41, 5.74) is 45.9. The molecule has 6 aliphatic carbocycles. The first kappa shape index (κ1) is 58.5. The van der Waals surface area contributed by atoms with Gasteiger partial charge in [-0.2, -0.15) is 0 Å². The van der Waals surface area contributed by atoms with E-state index < -0.39 is 16.2 Å². The van der Waals surface area contributed by atoms with Crippen molar-refractivity contribution >= 4 is 79.0 Å². The highest BCUT2D eigenvalue weighted by molar-refractivity contribution is 7.01. The van der Waals surface area contributed by atoms with Crippen LogP contribution in [0.2, 0.25) is 0 Å². The minimum atomic E-state index is -0.615. The third-order valence-corrected chi connectivity index (χ3v) is 26.6. The average molecular weight is 1380 g/mol. The summed E-state index contributed by atoms with van der Waals surface area (Å²) in [5, 5.41) is 2.44. The highest BCUT2D eigenvalue weighted by Crippen LogP contribution is 2.69. The van der Waals surface area contributed by atoms with Gasteiger partial charge in [0.05, 0.1) is 38.7 Å². The van der Waals surface area contributed by atoms with Gasteiger partial charge in [-0.3, -0.25) is 0 Å². The Labute approximate surface area is 631 Å². The van der Waals surface area contributed by atoms with Crippen LogP contribution in [0.25, 0.3) is 105 Å². The Hall–Kier alpha value is -13.8. The highest BCUT2D eigenvalue weighted by atomic mass is 15.2. The third kappa shape index (κ3) is 6.92. The van der Waals surface area contributed by atoms with Gasteiger partial charge in [0.2, 0.25) is 0 Å². The maximum Gasteiger partial charge on any atom is 0.252 e. The summed E-state index contributed by atoms with van der Waals surface area (Å²) in [4.78, 5) is 5.48. The second kappa shape index (κ2) is 20.8. The van der Waals surface area contributed by atoms with Crippen LogP contribution in [-0.2, 0) is 16.2 Å². The summed E-state index contributed by atoms with van der Waals surface area (Å²) >= 11 is 0. The fourth-order valence-electron chi connectivity index (χ4n) is 22.9. The summed E-state index contributed by atoms with van der Waals surface area (Å²) in [7, 11) is 0. The molecule has 500 valence electrons. The lowest BCUT2D eigenvalue weighted by atomic mass is 9.32. The SMILES string of the molecule is c1ccc(-c2ccc3c(c2)B2c4c(cc(-n5c6ccccc6c6ccccc65)cc4N(c4cccc5c4-c4ccccc4C54c5ccccc5-c5ccccc54)c4ccc5c(c42)-c2ccccc2C52c4ccccc4-c4ccccc42)N3c2ccc3c(c2)C2(c4ccccc4-c4ccccc42)c2ccccc2-3)cc1.